The topological polar surface area (TPSA) is 51.4 Å². The summed E-state index contributed by atoms with van der Waals surface area (Å²) in [5.74, 6) is 2.07. The van der Waals surface area contributed by atoms with Gasteiger partial charge in [0, 0.05) is 12.1 Å². The largest absolute Gasteiger partial charge is 0.494 e. The summed E-state index contributed by atoms with van der Waals surface area (Å²) in [5, 5.41) is 8.38. The predicted molar refractivity (Wildman–Crippen MR) is 97.2 cm³/mol. The fraction of sp³-hybridized carbons (Fsp3) is 0.300. The van der Waals surface area contributed by atoms with E-state index < -0.39 is 0 Å². The van der Waals surface area contributed by atoms with Gasteiger partial charge in [-0.3, -0.25) is 4.90 Å². The highest BCUT2D eigenvalue weighted by molar-refractivity contribution is 5.51. The number of ether oxygens (including phenoxy) is 1. The fourth-order valence-corrected chi connectivity index (χ4v) is 2.57. The Morgan fingerprint density at radius 1 is 1.04 bits per heavy atom. The number of hydrogen-bond acceptors (Lipinski definition) is 5. The second kappa shape index (κ2) is 7.94. The molecule has 5 heteroatoms. The maximum Gasteiger partial charge on any atom is 0.247 e. The van der Waals surface area contributed by atoms with Gasteiger partial charge in [-0.05, 0) is 50.7 Å². The molecule has 1 unspecified atom stereocenters. The Bertz CT molecular complexity index is 784. The summed E-state index contributed by atoms with van der Waals surface area (Å²) in [7, 11) is 2.05. The quantitative estimate of drug-likeness (QED) is 0.642. The lowest BCUT2D eigenvalue weighted by atomic mass is 10.2. The van der Waals surface area contributed by atoms with E-state index in [-0.39, 0.29) is 6.04 Å². The van der Waals surface area contributed by atoms with Crippen LogP contribution in [0.25, 0.3) is 11.5 Å². The summed E-state index contributed by atoms with van der Waals surface area (Å²) < 4.78 is 11.3. The van der Waals surface area contributed by atoms with Crippen molar-refractivity contribution in [2.75, 3.05) is 13.7 Å². The third-order valence-electron chi connectivity index (χ3n) is 4.15. The lowest BCUT2D eigenvalue weighted by Gasteiger charge is -2.21. The van der Waals surface area contributed by atoms with Crippen LogP contribution in [0.4, 0.5) is 0 Å². The van der Waals surface area contributed by atoms with Crippen molar-refractivity contribution in [1.82, 2.24) is 15.1 Å². The molecule has 1 atom stereocenters. The molecular formula is C20H23N3O2. The molecule has 0 bridgehead atoms. The van der Waals surface area contributed by atoms with E-state index in [1.54, 1.807) is 0 Å². The molecule has 0 saturated heterocycles. The van der Waals surface area contributed by atoms with Crippen molar-refractivity contribution < 1.29 is 9.15 Å². The minimum absolute atomic E-state index is 0.0246. The van der Waals surface area contributed by atoms with Gasteiger partial charge in [0.1, 0.15) is 5.75 Å². The minimum atomic E-state index is 0.0246. The van der Waals surface area contributed by atoms with Crippen molar-refractivity contribution in [1.29, 1.82) is 0 Å². The Balaban J connectivity index is 1.66. The third kappa shape index (κ3) is 4.25. The van der Waals surface area contributed by atoms with Gasteiger partial charge in [-0.2, -0.15) is 0 Å². The molecule has 0 fully saturated rings. The molecule has 25 heavy (non-hydrogen) atoms. The fourth-order valence-electron chi connectivity index (χ4n) is 2.57. The smallest absolute Gasteiger partial charge is 0.247 e. The average molecular weight is 337 g/mol. The normalized spacial score (nSPS) is 12.3. The van der Waals surface area contributed by atoms with Crippen LogP contribution < -0.4 is 4.74 Å². The first kappa shape index (κ1) is 17.2. The van der Waals surface area contributed by atoms with Crippen molar-refractivity contribution in [3.8, 4) is 17.2 Å². The summed E-state index contributed by atoms with van der Waals surface area (Å²) in [4.78, 5) is 2.18. The van der Waals surface area contributed by atoms with Crippen molar-refractivity contribution in [2.45, 2.75) is 26.4 Å². The number of rotatable bonds is 7. The predicted octanol–water partition coefficient (Wildman–Crippen LogP) is 4.33. The third-order valence-corrected chi connectivity index (χ3v) is 4.15. The summed E-state index contributed by atoms with van der Waals surface area (Å²) in [6.07, 6.45) is 0. The van der Waals surface area contributed by atoms with Crippen LogP contribution in [0.5, 0.6) is 5.75 Å². The van der Waals surface area contributed by atoms with Crippen LogP contribution in [-0.2, 0) is 6.54 Å². The van der Waals surface area contributed by atoms with Gasteiger partial charge in [-0.25, -0.2) is 0 Å². The summed E-state index contributed by atoms with van der Waals surface area (Å²) in [6.45, 7) is 5.52. The molecule has 5 nitrogen and oxygen atoms in total. The van der Waals surface area contributed by atoms with Gasteiger partial charge in [-0.15, -0.1) is 10.2 Å². The lowest BCUT2D eigenvalue weighted by molar-refractivity contribution is 0.218. The number of benzene rings is 2. The maximum absolute atomic E-state index is 5.86. The summed E-state index contributed by atoms with van der Waals surface area (Å²) >= 11 is 0. The van der Waals surface area contributed by atoms with Crippen molar-refractivity contribution in [3.63, 3.8) is 0 Å². The Morgan fingerprint density at radius 3 is 2.44 bits per heavy atom. The maximum atomic E-state index is 5.86. The highest BCUT2D eigenvalue weighted by atomic mass is 16.5. The number of hydrogen-bond donors (Lipinski definition) is 0. The van der Waals surface area contributed by atoms with Crippen LogP contribution in [-0.4, -0.2) is 28.8 Å². The molecule has 0 N–H and O–H groups in total. The van der Waals surface area contributed by atoms with E-state index in [2.05, 4.69) is 34.2 Å². The van der Waals surface area contributed by atoms with E-state index in [0.717, 1.165) is 17.9 Å². The molecule has 3 aromatic rings. The molecule has 3 rings (SSSR count). The molecule has 1 aromatic heterocycles. The molecule has 0 spiro atoms. The van der Waals surface area contributed by atoms with E-state index in [9.17, 15) is 0 Å². The lowest BCUT2D eigenvalue weighted by Crippen LogP contribution is -2.22. The van der Waals surface area contributed by atoms with Gasteiger partial charge in [-0.1, -0.05) is 30.3 Å². The molecule has 0 aliphatic heterocycles. The molecule has 130 valence electrons. The second-order valence-electron chi connectivity index (χ2n) is 5.98. The van der Waals surface area contributed by atoms with E-state index in [1.807, 2.05) is 56.4 Å². The first-order chi connectivity index (χ1) is 12.2. The van der Waals surface area contributed by atoms with E-state index in [0.29, 0.717) is 18.4 Å². The van der Waals surface area contributed by atoms with Crippen molar-refractivity contribution in [2.24, 2.45) is 0 Å². The zero-order valence-electron chi connectivity index (χ0n) is 14.8. The molecular weight excluding hydrogens is 314 g/mol. The van der Waals surface area contributed by atoms with Crippen LogP contribution in [0.3, 0.4) is 0 Å². The first-order valence-electron chi connectivity index (χ1n) is 8.48. The zero-order valence-corrected chi connectivity index (χ0v) is 14.8. The molecule has 1 heterocycles. The van der Waals surface area contributed by atoms with Gasteiger partial charge in [0.15, 0.2) is 0 Å². The van der Waals surface area contributed by atoms with Crippen LogP contribution in [0.2, 0.25) is 0 Å². The molecule has 0 saturated carbocycles. The first-order valence-corrected chi connectivity index (χ1v) is 8.48. The van der Waals surface area contributed by atoms with Crippen molar-refractivity contribution in [3.05, 3.63) is 66.1 Å². The van der Waals surface area contributed by atoms with Gasteiger partial charge >= 0.3 is 0 Å². The SMILES string of the molecule is CCOc1ccc(CN(C)C(C)c2nnc(-c3ccccc3)o2)cc1. The molecule has 0 aliphatic rings. The number of aromatic nitrogens is 2. The highest BCUT2D eigenvalue weighted by Gasteiger charge is 2.19. The zero-order chi connectivity index (χ0) is 17.6. The van der Waals surface area contributed by atoms with E-state index in [1.165, 1.54) is 5.56 Å². The molecule has 0 aliphatic carbocycles. The van der Waals surface area contributed by atoms with Crippen LogP contribution >= 0.6 is 0 Å². The number of nitrogens with zero attached hydrogens (tertiary/aromatic N) is 3. The minimum Gasteiger partial charge on any atom is -0.494 e. The Kier molecular flexibility index (Phi) is 5.46. The van der Waals surface area contributed by atoms with Crippen LogP contribution in [0, 0.1) is 0 Å². The Morgan fingerprint density at radius 2 is 1.76 bits per heavy atom. The highest BCUT2D eigenvalue weighted by Crippen LogP contribution is 2.24. The summed E-state index contributed by atoms with van der Waals surface area (Å²) in [6, 6.07) is 18.0. The monoisotopic (exact) mass is 337 g/mol. The molecule has 0 amide bonds. The molecule has 2 aromatic carbocycles. The van der Waals surface area contributed by atoms with E-state index in [4.69, 9.17) is 9.15 Å². The second-order valence-corrected chi connectivity index (χ2v) is 5.98. The van der Waals surface area contributed by atoms with Crippen LogP contribution in [0.1, 0.15) is 31.3 Å². The molecule has 0 radical (unpaired) electrons. The van der Waals surface area contributed by atoms with Gasteiger partial charge in [0.05, 0.1) is 12.6 Å². The van der Waals surface area contributed by atoms with Gasteiger partial charge < -0.3 is 9.15 Å². The Labute approximate surface area is 148 Å². The van der Waals surface area contributed by atoms with Gasteiger partial charge in [0.25, 0.3) is 0 Å². The standard InChI is InChI=1S/C20H23N3O2/c1-4-24-18-12-10-16(11-13-18)14-23(3)15(2)19-21-22-20(25-19)17-8-6-5-7-9-17/h5-13,15H,4,14H2,1-3H3. The van der Waals surface area contributed by atoms with Gasteiger partial charge in [0.2, 0.25) is 11.8 Å². The van der Waals surface area contributed by atoms with Crippen molar-refractivity contribution >= 4 is 0 Å². The van der Waals surface area contributed by atoms with E-state index >= 15 is 0 Å². The summed E-state index contributed by atoms with van der Waals surface area (Å²) in [5.41, 5.74) is 2.14. The van der Waals surface area contributed by atoms with Crippen LogP contribution in [0.15, 0.2) is 59.0 Å². The Hall–Kier alpha value is -2.66. The average Bonchev–Trinajstić information content (AvgIpc) is 3.14.